The number of nitrogens with one attached hydrogen (secondary N) is 2. The SMILES string of the molecule is Cc1ccc(NC(=O)c2cccc(Nc3ncccn3)c2)cc1[N+](=O)[O-]. The number of nitro groups is 1. The molecule has 0 aliphatic heterocycles. The average Bonchev–Trinajstić information content (AvgIpc) is 2.64. The maximum Gasteiger partial charge on any atom is 0.274 e. The van der Waals surface area contributed by atoms with Gasteiger partial charge in [0.1, 0.15) is 0 Å². The van der Waals surface area contributed by atoms with E-state index < -0.39 is 4.92 Å². The van der Waals surface area contributed by atoms with Crippen LogP contribution in [-0.2, 0) is 0 Å². The highest BCUT2D eigenvalue weighted by molar-refractivity contribution is 6.05. The monoisotopic (exact) mass is 349 g/mol. The van der Waals surface area contributed by atoms with Crippen molar-refractivity contribution < 1.29 is 9.72 Å². The van der Waals surface area contributed by atoms with E-state index in [1.165, 1.54) is 6.07 Å². The number of aromatic nitrogens is 2. The Morgan fingerprint density at radius 3 is 2.54 bits per heavy atom. The van der Waals surface area contributed by atoms with Crippen LogP contribution >= 0.6 is 0 Å². The fraction of sp³-hybridized carbons (Fsp3) is 0.0556. The van der Waals surface area contributed by atoms with Gasteiger partial charge >= 0.3 is 0 Å². The number of carbonyl (C=O) groups is 1. The summed E-state index contributed by atoms with van der Waals surface area (Å²) in [6, 6.07) is 13.1. The van der Waals surface area contributed by atoms with Crippen molar-refractivity contribution in [1.29, 1.82) is 0 Å². The van der Waals surface area contributed by atoms with Crippen LogP contribution in [0.5, 0.6) is 0 Å². The van der Waals surface area contributed by atoms with Crippen molar-refractivity contribution in [3.05, 3.63) is 82.2 Å². The highest BCUT2D eigenvalue weighted by Gasteiger charge is 2.13. The van der Waals surface area contributed by atoms with Crippen molar-refractivity contribution in [3.63, 3.8) is 0 Å². The van der Waals surface area contributed by atoms with Crippen LogP contribution in [0.1, 0.15) is 15.9 Å². The summed E-state index contributed by atoms with van der Waals surface area (Å²) in [7, 11) is 0. The number of carbonyl (C=O) groups excluding carboxylic acids is 1. The minimum absolute atomic E-state index is 0.0422. The summed E-state index contributed by atoms with van der Waals surface area (Å²) in [5, 5.41) is 16.7. The zero-order chi connectivity index (χ0) is 18.5. The zero-order valence-corrected chi connectivity index (χ0v) is 13.8. The third-order valence-electron chi connectivity index (χ3n) is 3.61. The molecule has 0 saturated heterocycles. The number of nitro benzene ring substituents is 1. The second kappa shape index (κ2) is 7.39. The van der Waals surface area contributed by atoms with Gasteiger partial charge in [0, 0.05) is 41.0 Å². The van der Waals surface area contributed by atoms with Crippen LogP contribution in [0.4, 0.5) is 23.0 Å². The van der Waals surface area contributed by atoms with Crippen molar-refractivity contribution in [2.45, 2.75) is 6.92 Å². The number of benzene rings is 2. The van der Waals surface area contributed by atoms with Crippen molar-refractivity contribution in [1.82, 2.24) is 9.97 Å². The Balaban J connectivity index is 1.77. The van der Waals surface area contributed by atoms with Gasteiger partial charge < -0.3 is 10.6 Å². The molecule has 0 bridgehead atoms. The molecule has 2 N–H and O–H groups in total. The van der Waals surface area contributed by atoms with E-state index in [1.54, 1.807) is 61.8 Å². The van der Waals surface area contributed by atoms with E-state index in [4.69, 9.17) is 0 Å². The summed E-state index contributed by atoms with van der Waals surface area (Å²) >= 11 is 0. The van der Waals surface area contributed by atoms with Crippen LogP contribution in [0.3, 0.4) is 0 Å². The molecule has 0 aliphatic carbocycles. The summed E-state index contributed by atoms with van der Waals surface area (Å²) < 4.78 is 0. The zero-order valence-electron chi connectivity index (χ0n) is 13.8. The van der Waals surface area contributed by atoms with Crippen molar-refractivity contribution in [2.24, 2.45) is 0 Å². The lowest BCUT2D eigenvalue weighted by Gasteiger charge is -2.08. The van der Waals surface area contributed by atoms with E-state index in [9.17, 15) is 14.9 Å². The first-order valence-corrected chi connectivity index (χ1v) is 7.73. The maximum absolute atomic E-state index is 12.4. The molecule has 3 aromatic rings. The Kier molecular flexibility index (Phi) is 4.84. The summed E-state index contributed by atoms with van der Waals surface area (Å²) in [6.07, 6.45) is 3.21. The number of hydrogen-bond donors (Lipinski definition) is 2. The fourth-order valence-electron chi connectivity index (χ4n) is 2.32. The van der Waals surface area contributed by atoms with Gasteiger partial charge in [0.2, 0.25) is 5.95 Å². The number of aryl methyl sites for hydroxylation is 1. The largest absolute Gasteiger partial charge is 0.324 e. The number of rotatable bonds is 5. The summed E-state index contributed by atoms with van der Waals surface area (Å²) in [5.74, 6) is 0.0417. The first-order valence-electron chi connectivity index (χ1n) is 7.73. The molecule has 0 spiro atoms. The van der Waals surface area contributed by atoms with E-state index in [2.05, 4.69) is 20.6 Å². The molecular formula is C18H15N5O3. The predicted molar refractivity (Wildman–Crippen MR) is 97.5 cm³/mol. The Morgan fingerprint density at radius 2 is 1.81 bits per heavy atom. The molecule has 1 heterocycles. The van der Waals surface area contributed by atoms with E-state index in [1.807, 2.05) is 0 Å². The number of hydrogen-bond acceptors (Lipinski definition) is 6. The van der Waals surface area contributed by atoms with Crippen LogP contribution in [0.15, 0.2) is 60.9 Å². The maximum atomic E-state index is 12.4. The van der Waals surface area contributed by atoms with Gasteiger partial charge in [-0.2, -0.15) is 0 Å². The Morgan fingerprint density at radius 1 is 1.04 bits per heavy atom. The Bertz CT molecular complexity index is 960. The molecule has 0 aliphatic rings. The third-order valence-corrected chi connectivity index (χ3v) is 3.61. The quantitative estimate of drug-likeness (QED) is 0.537. The lowest BCUT2D eigenvalue weighted by atomic mass is 10.1. The summed E-state index contributed by atoms with van der Waals surface area (Å²) in [5.41, 5.74) is 1.89. The van der Waals surface area contributed by atoms with Gasteiger partial charge in [0.15, 0.2) is 0 Å². The standard InChI is InChI=1S/C18H15N5O3/c1-12-6-7-15(11-16(12)23(25)26)21-17(24)13-4-2-5-14(10-13)22-18-19-8-3-9-20-18/h2-11H,1H3,(H,21,24)(H,19,20,22). The molecule has 1 aromatic heterocycles. The highest BCUT2D eigenvalue weighted by Crippen LogP contribution is 2.23. The Labute approximate surface area is 149 Å². The van der Waals surface area contributed by atoms with Gasteiger partial charge in [-0.15, -0.1) is 0 Å². The summed E-state index contributed by atoms with van der Waals surface area (Å²) in [4.78, 5) is 31.1. The van der Waals surface area contributed by atoms with Gasteiger partial charge in [-0.3, -0.25) is 14.9 Å². The highest BCUT2D eigenvalue weighted by atomic mass is 16.6. The molecule has 0 radical (unpaired) electrons. The first kappa shape index (κ1) is 17.0. The molecule has 8 nitrogen and oxygen atoms in total. The van der Waals surface area contributed by atoms with Crippen molar-refractivity contribution in [3.8, 4) is 0 Å². The topological polar surface area (TPSA) is 110 Å². The van der Waals surface area contributed by atoms with Gasteiger partial charge in [-0.05, 0) is 37.3 Å². The van der Waals surface area contributed by atoms with Gasteiger partial charge in [-0.1, -0.05) is 12.1 Å². The second-order valence-electron chi connectivity index (χ2n) is 5.49. The smallest absolute Gasteiger partial charge is 0.274 e. The minimum Gasteiger partial charge on any atom is -0.324 e. The molecule has 3 rings (SSSR count). The first-order chi connectivity index (χ1) is 12.5. The molecule has 0 fully saturated rings. The van der Waals surface area contributed by atoms with Crippen LogP contribution in [0.25, 0.3) is 0 Å². The van der Waals surface area contributed by atoms with Crippen LogP contribution in [0.2, 0.25) is 0 Å². The average molecular weight is 349 g/mol. The molecule has 130 valence electrons. The molecule has 26 heavy (non-hydrogen) atoms. The molecule has 0 unspecified atom stereocenters. The molecular weight excluding hydrogens is 334 g/mol. The van der Waals surface area contributed by atoms with E-state index in [0.29, 0.717) is 28.5 Å². The summed E-state index contributed by atoms with van der Waals surface area (Å²) in [6.45, 7) is 1.64. The van der Waals surface area contributed by atoms with E-state index >= 15 is 0 Å². The third kappa shape index (κ3) is 3.99. The van der Waals surface area contributed by atoms with Crippen LogP contribution < -0.4 is 10.6 Å². The molecule has 0 atom stereocenters. The van der Waals surface area contributed by atoms with E-state index in [0.717, 1.165) is 0 Å². The minimum atomic E-state index is -0.477. The molecule has 1 amide bonds. The van der Waals surface area contributed by atoms with Crippen molar-refractivity contribution in [2.75, 3.05) is 10.6 Å². The van der Waals surface area contributed by atoms with Crippen molar-refractivity contribution >= 4 is 28.9 Å². The Hall–Kier alpha value is -3.81. The fourth-order valence-corrected chi connectivity index (χ4v) is 2.32. The van der Waals surface area contributed by atoms with E-state index in [-0.39, 0.29) is 11.6 Å². The van der Waals surface area contributed by atoms with Crippen LogP contribution in [0, 0.1) is 17.0 Å². The predicted octanol–water partition coefficient (Wildman–Crippen LogP) is 3.69. The number of amides is 1. The normalized spacial score (nSPS) is 10.2. The number of nitrogens with zero attached hydrogens (tertiary/aromatic N) is 3. The second-order valence-corrected chi connectivity index (χ2v) is 5.49. The van der Waals surface area contributed by atoms with Gasteiger partial charge in [-0.25, -0.2) is 9.97 Å². The molecule has 8 heteroatoms. The van der Waals surface area contributed by atoms with Crippen LogP contribution in [-0.4, -0.2) is 20.8 Å². The lowest BCUT2D eigenvalue weighted by molar-refractivity contribution is -0.385. The van der Waals surface area contributed by atoms with Gasteiger partial charge in [0.25, 0.3) is 11.6 Å². The number of anilines is 3. The van der Waals surface area contributed by atoms with Gasteiger partial charge in [0.05, 0.1) is 4.92 Å². The molecule has 0 saturated carbocycles. The lowest BCUT2D eigenvalue weighted by Crippen LogP contribution is -2.12. The molecule has 2 aromatic carbocycles.